The van der Waals surface area contributed by atoms with E-state index >= 15 is 0 Å². The fraction of sp³-hybridized carbons (Fsp3) is 0.682. The molecule has 0 spiro atoms. The van der Waals surface area contributed by atoms with Crippen LogP contribution in [0.15, 0.2) is 18.2 Å². The van der Waals surface area contributed by atoms with E-state index in [9.17, 15) is 24.5 Å². The van der Waals surface area contributed by atoms with E-state index in [1.165, 1.54) is 12.1 Å². The maximum absolute atomic E-state index is 11.8. The number of aromatic hydroxyl groups is 2. The van der Waals surface area contributed by atoms with E-state index in [1.54, 1.807) is 13.0 Å². The molecule has 3 N–H and O–H groups in total. The van der Waals surface area contributed by atoms with Gasteiger partial charge in [-0.25, -0.2) is 0 Å². The van der Waals surface area contributed by atoms with Crippen LogP contribution in [0.5, 0.6) is 11.5 Å². The number of ether oxygens (including phenoxy) is 1. The van der Waals surface area contributed by atoms with Gasteiger partial charge in [0.1, 0.15) is 0 Å². The standard InChI is InChI=1S/C22H37O7P/c1-2-29-30(26,27)17-11-9-7-5-3-4-6-8-10-16-28-22(25)15-13-19-12-14-20(23)21(24)18-19/h12,14,18,23-24H,2-11,13,15-17H2,1H3,(H,26,27). The minimum atomic E-state index is -3.36. The lowest BCUT2D eigenvalue weighted by Gasteiger charge is -2.10. The summed E-state index contributed by atoms with van der Waals surface area (Å²) in [5.74, 6) is -0.602. The second-order valence-corrected chi connectivity index (χ2v) is 9.48. The Morgan fingerprint density at radius 1 is 0.933 bits per heavy atom. The van der Waals surface area contributed by atoms with E-state index in [2.05, 4.69) is 0 Å². The van der Waals surface area contributed by atoms with Crippen molar-refractivity contribution in [3.63, 3.8) is 0 Å². The molecule has 0 saturated heterocycles. The number of esters is 1. The summed E-state index contributed by atoms with van der Waals surface area (Å²) >= 11 is 0. The number of rotatable bonds is 17. The molecule has 0 heterocycles. The van der Waals surface area contributed by atoms with Crippen molar-refractivity contribution in [3.8, 4) is 11.5 Å². The van der Waals surface area contributed by atoms with Crippen molar-refractivity contribution >= 4 is 13.6 Å². The fourth-order valence-electron chi connectivity index (χ4n) is 3.15. The zero-order valence-corrected chi connectivity index (χ0v) is 18.9. The number of unbranched alkanes of at least 4 members (excludes halogenated alkanes) is 8. The van der Waals surface area contributed by atoms with Crippen molar-refractivity contribution in [1.82, 2.24) is 0 Å². The van der Waals surface area contributed by atoms with Gasteiger partial charge in [-0.1, -0.05) is 51.0 Å². The van der Waals surface area contributed by atoms with Gasteiger partial charge in [0, 0.05) is 12.6 Å². The average molecular weight is 445 g/mol. The van der Waals surface area contributed by atoms with Crippen LogP contribution in [0.1, 0.15) is 76.7 Å². The highest BCUT2D eigenvalue weighted by atomic mass is 31.2. The first-order valence-electron chi connectivity index (χ1n) is 11.0. The van der Waals surface area contributed by atoms with Crippen molar-refractivity contribution in [2.75, 3.05) is 19.4 Å². The predicted molar refractivity (Wildman–Crippen MR) is 117 cm³/mol. The number of hydrogen-bond donors (Lipinski definition) is 3. The van der Waals surface area contributed by atoms with Crippen LogP contribution in [0.4, 0.5) is 0 Å². The molecule has 0 aliphatic rings. The summed E-state index contributed by atoms with van der Waals surface area (Å²) in [4.78, 5) is 21.2. The second kappa shape index (κ2) is 15.3. The zero-order valence-electron chi connectivity index (χ0n) is 18.1. The Morgan fingerprint density at radius 2 is 1.53 bits per heavy atom. The number of benzene rings is 1. The third-order valence-corrected chi connectivity index (χ3v) is 6.38. The normalized spacial score (nSPS) is 13.1. The molecule has 1 atom stereocenters. The molecule has 1 rings (SSSR count). The molecule has 0 amide bonds. The van der Waals surface area contributed by atoms with Gasteiger partial charge in [-0.15, -0.1) is 0 Å². The van der Waals surface area contributed by atoms with Gasteiger partial charge in [0.2, 0.25) is 0 Å². The first-order valence-corrected chi connectivity index (χ1v) is 12.7. The van der Waals surface area contributed by atoms with Gasteiger partial charge in [-0.05, 0) is 43.9 Å². The molecule has 0 saturated carbocycles. The molecule has 0 aliphatic heterocycles. The molecule has 7 nitrogen and oxygen atoms in total. The Morgan fingerprint density at radius 3 is 2.13 bits per heavy atom. The summed E-state index contributed by atoms with van der Waals surface area (Å²) in [6.45, 7) is 2.43. The Balaban J connectivity index is 1.90. The van der Waals surface area contributed by atoms with Gasteiger partial charge < -0.3 is 24.4 Å². The summed E-state index contributed by atoms with van der Waals surface area (Å²) in [6.07, 6.45) is 10.2. The van der Waals surface area contributed by atoms with Crippen LogP contribution in [-0.4, -0.2) is 40.5 Å². The summed E-state index contributed by atoms with van der Waals surface area (Å²) < 4.78 is 21.6. The van der Waals surface area contributed by atoms with Gasteiger partial charge in [-0.3, -0.25) is 9.36 Å². The highest BCUT2D eigenvalue weighted by Crippen LogP contribution is 2.42. The van der Waals surface area contributed by atoms with Crippen LogP contribution in [0.3, 0.4) is 0 Å². The lowest BCUT2D eigenvalue weighted by Crippen LogP contribution is -2.07. The molecule has 1 unspecified atom stereocenters. The number of carbonyl (C=O) groups excluding carboxylic acids is 1. The number of carbonyl (C=O) groups is 1. The predicted octanol–water partition coefficient (Wildman–Crippen LogP) is 5.31. The third kappa shape index (κ3) is 12.9. The smallest absolute Gasteiger partial charge is 0.328 e. The van der Waals surface area contributed by atoms with Crippen LogP contribution < -0.4 is 0 Å². The molecule has 1 aromatic rings. The average Bonchev–Trinajstić information content (AvgIpc) is 2.69. The summed E-state index contributed by atoms with van der Waals surface area (Å²) in [5, 5.41) is 18.7. The highest BCUT2D eigenvalue weighted by Gasteiger charge is 2.16. The minimum absolute atomic E-state index is 0.169. The molecule has 0 fully saturated rings. The fourth-order valence-corrected chi connectivity index (χ4v) is 4.30. The summed E-state index contributed by atoms with van der Waals surface area (Å²) in [7, 11) is -3.36. The summed E-state index contributed by atoms with van der Waals surface area (Å²) in [5.41, 5.74) is 0.780. The Hall–Kier alpha value is -1.56. The number of phenolic OH excluding ortho intramolecular Hbond substituents is 2. The SMILES string of the molecule is CCOP(=O)(O)CCCCCCCCCCCOC(=O)CCc1ccc(O)c(O)c1. The zero-order chi connectivity index (χ0) is 22.2. The molecule has 0 aliphatic carbocycles. The topological polar surface area (TPSA) is 113 Å². The highest BCUT2D eigenvalue weighted by molar-refractivity contribution is 7.52. The third-order valence-electron chi connectivity index (χ3n) is 4.84. The number of phenols is 2. The lowest BCUT2D eigenvalue weighted by molar-refractivity contribution is -0.143. The number of aryl methyl sites for hydroxylation is 1. The maximum Gasteiger partial charge on any atom is 0.328 e. The maximum atomic E-state index is 11.8. The van der Waals surface area contributed by atoms with Crippen molar-refractivity contribution in [2.45, 2.75) is 77.6 Å². The van der Waals surface area contributed by atoms with E-state index in [0.717, 1.165) is 63.4 Å². The van der Waals surface area contributed by atoms with E-state index in [-0.39, 0.29) is 36.7 Å². The van der Waals surface area contributed by atoms with Crippen LogP contribution in [0, 0.1) is 0 Å². The Bertz CT molecular complexity index is 663. The second-order valence-electron chi connectivity index (χ2n) is 7.50. The molecule has 30 heavy (non-hydrogen) atoms. The first-order chi connectivity index (χ1) is 14.3. The quantitative estimate of drug-likeness (QED) is 0.129. The van der Waals surface area contributed by atoms with Crippen molar-refractivity contribution < 1.29 is 33.7 Å². The van der Waals surface area contributed by atoms with Gasteiger partial charge >= 0.3 is 13.6 Å². The Kier molecular flexibility index (Phi) is 13.5. The first kappa shape index (κ1) is 26.5. The summed E-state index contributed by atoms with van der Waals surface area (Å²) in [6, 6.07) is 4.54. The van der Waals surface area contributed by atoms with Crippen LogP contribution >= 0.6 is 7.60 Å². The van der Waals surface area contributed by atoms with Crippen LogP contribution in [0.2, 0.25) is 0 Å². The monoisotopic (exact) mass is 444 g/mol. The molecular weight excluding hydrogens is 407 g/mol. The molecule has 0 bridgehead atoms. The lowest BCUT2D eigenvalue weighted by atomic mass is 10.1. The molecule has 0 aromatic heterocycles. The van der Waals surface area contributed by atoms with Gasteiger partial charge in [0.25, 0.3) is 0 Å². The molecule has 172 valence electrons. The van der Waals surface area contributed by atoms with E-state index in [1.807, 2.05) is 0 Å². The van der Waals surface area contributed by atoms with Crippen molar-refractivity contribution in [1.29, 1.82) is 0 Å². The Labute approximate surface area is 180 Å². The molecule has 8 heteroatoms. The minimum Gasteiger partial charge on any atom is -0.504 e. The van der Waals surface area contributed by atoms with E-state index in [4.69, 9.17) is 9.26 Å². The van der Waals surface area contributed by atoms with Gasteiger partial charge in [0.15, 0.2) is 11.5 Å². The van der Waals surface area contributed by atoms with Crippen LogP contribution in [0.25, 0.3) is 0 Å². The molecule has 1 aromatic carbocycles. The van der Waals surface area contributed by atoms with Gasteiger partial charge in [0.05, 0.1) is 13.2 Å². The number of hydrogen-bond acceptors (Lipinski definition) is 6. The van der Waals surface area contributed by atoms with Gasteiger partial charge in [-0.2, -0.15) is 0 Å². The van der Waals surface area contributed by atoms with Crippen LogP contribution in [-0.2, 0) is 25.0 Å². The van der Waals surface area contributed by atoms with Crippen molar-refractivity contribution in [2.24, 2.45) is 0 Å². The molecule has 0 radical (unpaired) electrons. The van der Waals surface area contributed by atoms with E-state index in [0.29, 0.717) is 13.0 Å². The largest absolute Gasteiger partial charge is 0.504 e. The molecular formula is C22H37O7P. The van der Waals surface area contributed by atoms with Crippen molar-refractivity contribution in [3.05, 3.63) is 23.8 Å². The van der Waals surface area contributed by atoms with E-state index < -0.39 is 7.60 Å².